The third-order valence-corrected chi connectivity index (χ3v) is 3.21. The second-order valence-electron chi connectivity index (χ2n) is 6.11. The van der Waals surface area contributed by atoms with Crippen molar-refractivity contribution in [3.05, 3.63) is 71.8 Å². The summed E-state index contributed by atoms with van der Waals surface area (Å²) in [4.78, 5) is 15.6. The fourth-order valence-corrected chi connectivity index (χ4v) is 2.17. The molecule has 0 radical (unpaired) electrons. The van der Waals surface area contributed by atoms with Gasteiger partial charge in [-0.2, -0.15) is 0 Å². The first-order chi connectivity index (χ1) is 10.5. The van der Waals surface area contributed by atoms with Crippen molar-refractivity contribution in [2.24, 2.45) is 0 Å². The molecular weight excluding hydrogens is 280 g/mol. The van der Waals surface area contributed by atoms with E-state index in [0.717, 1.165) is 11.1 Å². The summed E-state index contributed by atoms with van der Waals surface area (Å²) >= 11 is 0. The lowest BCUT2D eigenvalue weighted by Gasteiger charge is -2.31. The smallest absolute Gasteiger partial charge is 0.179 e. The molecule has 0 aliphatic carbocycles. The van der Waals surface area contributed by atoms with Crippen LogP contribution in [0.4, 0.5) is 0 Å². The number of hydrogen-bond acceptors (Lipinski definition) is 4. The van der Waals surface area contributed by atoms with Crippen molar-refractivity contribution in [2.45, 2.75) is 32.0 Å². The van der Waals surface area contributed by atoms with Crippen LogP contribution in [0.1, 0.15) is 31.9 Å². The molecule has 0 fully saturated rings. The topological polar surface area (TPSA) is 47.9 Å². The van der Waals surface area contributed by atoms with Crippen LogP contribution in [0.5, 0.6) is 0 Å². The van der Waals surface area contributed by atoms with E-state index in [1.54, 1.807) is 0 Å². The van der Waals surface area contributed by atoms with E-state index in [9.17, 15) is 5.26 Å². The van der Waals surface area contributed by atoms with Crippen LogP contribution in [-0.2, 0) is 20.3 Å². The molecule has 0 heterocycles. The Balaban J connectivity index is 2.35. The van der Waals surface area contributed by atoms with Gasteiger partial charge >= 0.3 is 0 Å². The molecule has 0 bridgehead atoms. The summed E-state index contributed by atoms with van der Waals surface area (Å²) in [7, 11) is 0. The summed E-state index contributed by atoms with van der Waals surface area (Å²) in [6.07, 6.45) is 0. The Bertz CT molecular complexity index is 521. The van der Waals surface area contributed by atoms with Crippen molar-refractivity contribution < 1.29 is 19.9 Å². The molecule has 4 nitrogen and oxygen atoms in total. The first-order valence-corrected chi connectivity index (χ1v) is 7.22. The SMILES string of the molecule is CC(C)(C)OOCC(OO)(c1ccccc1)c1ccccc1. The molecule has 1 N–H and O–H groups in total. The Morgan fingerprint density at radius 1 is 0.818 bits per heavy atom. The largest absolute Gasteiger partial charge is 0.250 e. The summed E-state index contributed by atoms with van der Waals surface area (Å²) in [6.45, 7) is 5.69. The lowest BCUT2D eigenvalue weighted by molar-refractivity contribution is -0.397. The zero-order chi connectivity index (χ0) is 16.1. The molecule has 0 saturated carbocycles. The fourth-order valence-electron chi connectivity index (χ4n) is 2.17. The zero-order valence-electron chi connectivity index (χ0n) is 13.2. The number of benzene rings is 2. The van der Waals surface area contributed by atoms with Gasteiger partial charge in [-0.05, 0) is 31.9 Å². The minimum Gasteiger partial charge on any atom is -0.250 e. The van der Waals surface area contributed by atoms with Crippen molar-refractivity contribution in [3.63, 3.8) is 0 Å². The molecule has 0 saturated heterocycles. The highest BCUT2D eigenvalue weighted by Gasteiger charge is 2.38. The Morgan fingerprint density at radius 2 is 1.27 bits per heavy atom. The van der Waals surface area contributed by atoms with Gasteiger partial charge in [-0.15, -0.1) is 0 Å². The van der Waals surface area contributed by atoms with Crippen LogP contribution in [0.15, 0.2) is 60.7 Å². The monoisotopic (exact) mass is 302 g/mol. The third-order valence-electron chi connectivity index (χ3n) is 3.21. The van der Waals surface area contributed by atoms with Gasteiger partial charge in [-0.25, -0.2) is 14.7 Å². The molecule has 0 aromatic heterocycles. The molecule has 2 aromatic carbocycles. The highest BCUT2D eigenvalue weighted by atomic mass is 17.2. The van der Waals surface area contributed by atoms with Crippen molar-refractivity contribution >= 4 is 0 Å². The molecule has 4 heteroatoms. The predicted octanol–water partition coefficient (Wildman–Crippen LogP) is 4.17. The molecule has 0 aliphatic heterocycles. The Hall–Kier alpha value is -1.72. The molecule has 0 unspecified atom stereocenters. The van der Waals surface area contributed by atoms with Crippen LogP contribution in [-0.4, -0.2) is 17.5 Å². The molecule has 0 spiro atoms. The average Bonchev–Trinajstić information content (AvgIpc) is 2.52. The highest BCUT2D eigenvalue weighted by Crippen LogP contribution is 2.33. The van der Waals surface area contributed by atoms with Gasteiger partial charge in [0, 0.05) is 0 Å². The molecule has 0 amide bonds. The lowest BCUT2D eigenvalue weighted by Crippen LogP contribution is -2.37. The van der Waals surface area contributed by atoms with Crippen molar-refractivity contribution in [1.82, 2.24) is 0 Å². The van der Waals surface area contributed by atoms with Gasteiger partial charge in [0.05, 0.1) is 5.60 Å². The van der Waals surface area contributed by atoms with Gasteiger partial charge in [0.15, 0.2) is 5.60 Å². The van der Waals surface area contributed by atoms with Crippen LogP contribution in [0.25, 0.3) is 0 Å². The third kappa shape index (κ3) is 3.93. The zero-order valence-corrected chi connectivity index (χ0v) is 13.2. The van der Waals surface area contributed by atoms with E-state index in [2.05, 4.69) is 0 Å². The second-order valence-corrected chi connectivity index (χ2v) is 6.11. The standard InChI is InChI=1S/C18H22O4/c1-17(2,3)22-20-14-18(21-19,15-10-6-4-7-11-15)16-12-8-5-9-13-16/h4-13,19H,14H2,1-3H3. The van der Waals surface area contributed by atoms with E-state index in [1.165, 1.54) is 0 Å². The summed E-state index contributed by atoms with van der Waals surface area (Å²) < 4.78 is 0. The van der Waals surface area contributed by atoms with E-state index in [4.69, 9.17) is 14.7 Å². The first kappa shape index (κ1) is 16.6. The van der Waals surface area contributed by atoms with Gasteiger partial charge in [0.25, 0.3) is 0 Å². The van der Waals surface area contributed by atoms with Crippen LogP contribution < -0.4 is 0 Å². The minimum absolute atomic E-state index is 0.0226. The van der Waals surface area contributed by atoms with Crippen molar-refractivity contribution in [1.29, 1.82) is 0 Å². The Kier molecular flexibility index (Phi) is 5.32. The highest BCUT2D eigenvalue weighted by molar-refractivity contribution is 5.36. The summed E-state index contributed by atoms with van der Waals surface area (Å²) in [5.74, 6) is 0. The fraction of sp³-hybridized carbons (Fsp3) is 0.333. The second kappa shape index (κ2) is 7.03. The number of rotatable bonds is 6. The molecule has 2 rings (SSSR count). The first-order valence-electron chi connectivity index (χ1n) is 7.22. The van der Waals surface area contributed by atoms with E-state index < -0.39 is 11.2 Å². The predicted molar refractivity (Wildman–Crippen MR) is 84.2 cm³/mol. The average molecular weight is 302 g/mol. The Labute approximate surface area is 131 Å². The maximum Gasteiger partial charge on any atom is 0.179 e. The van der Waals surface area contributed by atoms with E-state index in [1.807, 2.05) is 81.4 Å². The van der Waals surface area contributed by atoms with Gasteiger partial charge < -0.3 is 0 Å². The summed E-state index contributed by atoms with van der Waals surface area (Å²) in [5.41, 5.74) is -0.0371. The molecular formula is C18H22O4. The van der Waals surface area contributed by atoms with E-state index >= 15 is 0 Å². The van der Waals surface area contributed by atoms with Gasteiger partial charge in [-0.1, -0.05) is 60.7 Å². The molecule has 0 aliphatic rings. The van der Waals surface area contributed by atoms with Gasteiger partial charge in [-0.3, -0.25) is 5.26 Å². The number of hydrogen-bond donors (Lipinski definition) is 1. The van der Waals surface area contributed by atoms with Crippen LogP contribution in [0, 0.1) is 0 Å². The minimum atomic E-state index is -1.15. The van der Waals surface area contributed by atoms with E-state index in [-0.39, 0.29) is 6.61 Å². The normalized spacial score (nSPS) is 12.4. The van der Waals surface area contributed by atoms with Crippen LogP contribution in [0.3, 0.4) is 0 Å². The Morgan fingerprint density at radius 3 is 1.64 bits per heavy atom. The maximum atomic E-state index is 9.68. The maximum absolute atomic E-state index is 9.68. The summed E-state index contributed by atoms with van der Waals surface area (Å²) in [5, 5.41) is 9.68. The van der Waals surface area contributed by atoms with E-state index in [0.29, 0.717) is 0 Å². The van der Waals surface area contributed by atoms with Gasteiger partial charge in [0.2, 0.25) is 0 Å². The summed E-state index contributed by atoms with van der Waals surface area (Å²) in [6, 6.07) is 18.9. The quantitative estimate of drug-likeness (QED) is 0.643. The molecule has 22 heavy (non-hydrogen) atoms. The molecule has 2 aromatic rings. The molecule has 118 valence electrons. The lowest BCUT2D eigenvalue weighted by atomic mass is 9.87. The van der Waals surface area contributed by atoms with Gasteiger partial charge in [0.1, 0.15) is 6.61 Å². The van der Waals surface area contributed by atoms with Crippen molar-refractivity contribution in [2.75, 3.05) is 6.61 Å². The van der Waals surface area contributed by atoms with Crippen LogP contribution in [0.2, 0.25) is 0 Å². The van der Waals surface area contributed by atoms with Crippen molar-refractivity contribution in [3.8, 4) is 0 Å². The van der Waals surface area contributed by atoms with Crippen LogP contribution >= 0.6 is 0 Å². The molecule has 0 atom stereocenters.